The van der Waals surface area contributed by atoms with Crippen LogP contribution in [0.3, 0.4) is 0 Å². The Morgan fingerprint density at radius 3 is 2.63 bits per heavy atom. The Hall–Kier alpha value is -0.730. The molecule has 19 heavy (non-hydrogen) atoms. The summed E-state index contributed by atoms with van der Waals surface area (Å²) in [5.41, 5.74) is 1.46. The predicted octanol–water partition coefficient (Wildman–Crippen LogP) is 3.95. The fourth-order valence-corrected chi connectivity index (χ4v) is 3.21. The first-order valence-corrected chi connectivity index (χ1v) is 6.99. The molecule has 3 heteroatoms. The van der Waals surface area contributed by atoms with E-state index in [2.05, 4.69) is 37.2 Å². The van der Waals surface area contributed by atoms with E-state index in [1.807, 2.05) is 6.07 Å². The molecule has 0 amide bonds. The number of halogens is 1. The van der Waals surface area contributed by atoms with Crippen LogP contribution in [0.1, 0.15) is 37.2 Å². The van der Waals surface area contributed by atoms with Crippen molar-refractivity contribution in [1.82, 2.24) is 4.90 Å². The number of ether oxygens (including phenoxy) is 1. The van der Waals surface area contributed by atoms with Gasteiger partial charge in [0.1, 0.15) is 5.75 Å². The maximum atomic E-state index is 5.35. The van der Waals surface area contributed by atoms with Gasteiger partial charge < -0.3 is 9.64 Å². The lowest BCUT2D eigenvalue weighted by Gasteiger charge is -2.34. The second kappa shape index (κ2) is 7.76. The van der Waals surface area contributed by atoms with Crippen molar-refractivity contribution in [3.8, 4) is 5.75 Å². The molecule has 0 saturated heterocycles. The van der Waals surface area contributed by atoms with Crippen LogP contribution in [-0.4, -0.2) is 32.6 Å². The first kappa shape index (κ1) is 16.3. The highest BCUT2D eigenvalue weighted by atomic mass is 35.5. The summed E-state index contributed by atoms with van der Waals surface area (Å²) < 4.78 is 5.35. The third kappa shape index (κ3) is 4.39. The van der Waals surface area contributed by atoms with Gasteiger partial charge in [-0.05, 0) is 56.5 Å². The molecule has 108 valence electrons. The van der Waals surface area contributed by atoms with E-state index in [0.29, 0.717) is 5.92 Å². The van der Waals surface area contributed by atoms with Crippen molar-refractivity contribution in [1.29, 1.82) is 0 Å². The fraction of sp³-hybridized carbons (Fsp3) is 0.625. The number of rotatable bonds is 4. The van der Waals surface area contributed by atoms with Crippen molar-refractivity contribution in [2.24, 2.45) is 5.92 Å². The summed E-state index contributed by atoms with van der Waals surface area (Å²) in [6.07, 6.45) is 5.44. The monoisotopic (exact) mass is 283 g/mol. The van der Waals surface area contributed by atoms with Crippen molar-refractivity contribution in [3.05, 3.63) is 29.8 Å². The topological polar surface area (TPSA) is 12.5 Å². The number of nitrogens with zero attached hydrogens (tertiary/aromatic N) is 1. The van der Waals surface area contributed by atoms with E-state index in [0.717, 1.165) is 11.7 Å². The van der Waals surface area contributed by atoms with Gasteiger partial charge in [0.05, 0.1) is 7.11 Å². The first-order valence-electron chi connectivity index (χ1n) is 6.99. The third-order valence-electron chi connectivity index (χ3n) is 4.03. The minimum Gasteiger partial charge on any atom is -0.497 e. The molecule has 2 atom stereocenters. The molecule has 1 aromatic rings. The molecule has 0 N–H and O–H groups in total. The highest BCUT2D eigenvalue weighted by Gasteiger charge is 2.26. The molecule has 1 saturated carbocycles. The Kier molecular flexibility index (Phi) is 6.67. The van der Waals surface area contributed by atoms with Crippen LogP contribution in [0.25, 0.3) is 0 Å². The van der Waals surface area contributed by atoms with Gasteiger partial charge in [-0.3, -0.25) is 0 Å². The lowest BCUT2D eigenvalue weighted by Crippen LogP contribution is -2.28. The fourth-order valence-electron chi connectivity index (χ4n) is 3.21. The number of hydrogen-bond donors (Lipinski definition) is 0. The highest BCUT2D eigenvalue weighted by Crippen LogP contribution is 2.38. The highest BCUT2D eigenvalue weighted by molar-refractivity contribution is 5.85. The molecule has 0 radical (unpaired) electrons. The maximum absolute atomic E-state index is 5.35. The molecule has 0 aromatic heterocycles. The molecular weight excluding hydrogens is 258 g/mol. The summed E-state index contributed by atoms with van der Waals surface area (Å²) in [6, 6.07) is 8.64. The molecule has 1 aromatic carbocycles. The first-order chi connectivity index (χ1) is 8.70. The summed E-state index contributed by atoms with van der Waals surface area (Å²) >= 11 is 0. The Balaban J connectivity index is 0.00000180. The van der Waals surface area contributed by atoms with Gasteiger partial charge in [0.2, 0.25) is 0 Å². The van der Waals surface area contributed by atoms with E-state index < -0.39 is 0 Å². The lowest BCUT2D eigenvalue weighted by molar-refractivity contribution is 0.233. The van der Waals surface area contributed by atoms with Gasteiger partial charge in [-0.15, -0.1) is 12.4 Å². The Bertz CT molecular complexity index is 381. The van der Waals surface area contributed by atoms with E-state index in [1.165, 1.54) is 37.8 Å². The maximum Gasteiger partial charge on any atom is 0.119 e. The lowest BCUT2D eigenvalue weighted by atomic mass is 9.75. The quantitative estimate of drug-likeness (QED) is 0.829. The van der Waals surface area contributed by atoms with Crippen molar-refractivity contribution in [2.45, 2.75) is 31.6 Å². The number of methoxy groups -OCH3 is 1. The van der Waals surface area contributed by atoms with Gasteiger partial charge in [-0.2, -0.15) is 0 Å². The Morgan fingerprint density at radius 1 is 1.21 bits per heavy atom. The molecule has 2 rings (SSSR count). The molecule has 0 spiro atoms. The predicted molar refractivity (Wildman–Crippen MR) is 83.5 cm³/mol. The summed E-state index contributed by atoms with van der Waals surface area (Å²) in [4.78, 5) is 2.32. The Labute approximate surface area is 123 Å². The van der Waals surface area contributed by atoms with Crippen LogP contribution in [0.15, 0.2) is 24.3 Å². The molecule has 1 aliphatic rings. The van der Waals surface area contributed by atoms with E-state index in [1.54, 1.807) is 7.11 Å². The van der Waals surface area contributed by atoms with Crippen LogP contribution < -0.4 is 4.74 Å². The zero-order valence-electron chi connectivity index (χ0n) is 12.3. The number of hydrogen-bond acceptors (Lipinski definition) is 2. The van der Waals surface area contributed by atoms with Crippen molar-refractivity contribution in [3.63, 3.8) is 0 Å². The molecule has 0 bridgehead atoms. The van der Waals surface area contributed by atoms with Gasteiger partial charge in [0.15, 0.2) is 0 Å². The van der Waals surface area contributed by atoms with E-state index in [-0.39, 0.29) is 12.4 Å². The number of benzene rings is 1. The summed E-state index contributed by atoms with van der Waals surface area (Å²) in [7, 11) is 6.10. The van der Waals surface area contributed by atoms with Crippen molar-refractivity contribution < 1.29 is 4.74 Å². The second-order valence-electron chi connectivity index (χ2n) is 5.69. The molecule has 0 aliphatic heterocycles. The van der Waals surface area contributed by atoms with Crippen LogP contribution in [0.2, 0.25) is 0 Å². The van der Waals surface area contributed by atoms with Crippen LogP contribution in [-0.2, 0) is 0 Å². The van der Waals surface area contributed by atoms with Crippen molar-refractivity contribution >= 4 is 12.4 Å². The van der Waals surface area contributed by atoms with E-state index in [4.69, 9.17) is 4.74 Å². The molecule has 0 unspecified atom stereocenters. The molecule has 0 heterocycles. The summed E-state index contributed by atoms with van der Waals surface area (Å²) in [5.74, 6) is 2.48. The van der Waals surface area contributed by atoms with Gasteiger partial charge >= 0.3 is 0 Å². The molecule has 1 fully saturated rings. The van der Waals surface area contributed by atoms with Gasteiger partial charge in [-0.25, -0.2) is 0 Å². The van der Waals surface area contributed by atoms with E-state index >= 15 is 0 Å². The van der Waals surface area contributed by atoms with Gasteiger partial charge in [0, 0.05) is 6.54 Å². The minimum atomic E-state index is 0. The van der Waals surface area contributed by atoms with Gasteiger partial charge in [0.25, 0.3) is 0 Å². The van der Waals surface area contributed by atoms with Crippen LogP contribution in [0.5, 0.6) is 5.75 Å². The zero-order chi connectivity index (χ0) is 13.0. The molecular formula is C16H26ClNO. The Morgan fingerprint density at radius 2 is 1.95 bits per heavy atom. The van der Waals surface area contributed by atoms with Crippen LogP contribution >= 0.6 is 12.4 Å². The summed E-state index contributed by atoms with van der Waals surface area (Å²) in [6.45, 7) is 1.20. The normalized spacial score (nSPS) is 22.9. The van der Waals surface area contributed by atoms with Gasteiger partial charge in [-0.1, -0.05) is 25.0 Å². The van der Waals surface area contributed by atoms with Crippen LogP contribution in [0, 0.1) is 5.92 Å². The SMILES string of the molecule is COc1cccc([C@@H]2CCCC[C@@H]2CN(C)C)c1.Cl. The molecule has 1 aliphatic carbocycles. The largest absolute Gasteiger partial charge is 0.497 e. The van der Waals surface area contributed by atoms with Crippen LogP contribution in [0.4, 0.5) is 0 Å². The van der Waals surface area contributed by atoms with E-state index in [9.17, 15) is 0 Å². The standard InChI is InChI=1S/C16H25NO.ClH/c1-17(2)12-14-7-4-5-10-16(14)13-8-6-9-15(11-13)18-3;/h6,8-9,11,14,16H,4-5,7,10,12H2,1-3H3;1H/t14-,16+;/m1./s1. The average molecular weight is 284 g/mol. The third-order valence-corrected chi connectivity index (χ3v) is 4.03. The van der Waals surface area contributed by atoms with Crippen molar-refractivity contribution in [2.75, 3.05) is 27.7 Å². The summed E-state index contributed by atoms with van der Waals surface area (Å²) in [5, 5.41) is 0. The minimum absolute atomic E-state index is 0. The second-order valence-corrected chi connectivity index (χ2v) is 5.69. The molecule has 2 nitrogen and oxygen atoms in total. The average Bonchev–Trinajstić information content (AvgIpc) is 2.39. The zero-order valence-corrected chi connectivity index (χ0v) is 13.1. The smallest absolute Gasteiger partial charge is 0.119 e.